The van der Waals surface area contributed by atoms with E-state index in [1.807, 2.05) is 103 Å². The van der Waals surface area contributed by atoms with Crippen LogP contribution in [0.3, 0.4) is 0 Å². The summed E-state index contributed by atoms with van der Waals surface area (Å²) in [4.78, 5) is 25.6. The Morgan fingerprint density at radius 1 is 0.696 bits per heavy atom. The summed E-state index contributed by atoms with van der Waals surface area (Å²) in [7, 11) is 0. The van der Waals surface area contributed by atoms with Crippen LogP contribution >= 0.6 is 0 Å². The Hall–Kier alpha value is -4.44. The van der Waals surface area contributed by atoms with Crippen molar-refractivity contribution in [2.75, 3.05) is 19.7 Å². The lowest BCUT2D eigenvalue weighted by molar-refractivity contribution is -0.124. The number of fused-ring (bicyclic) bond motifs is 1. The van der Waals surface area contributed by atoms with E-state index in [-0.39, 0.29) is 25.6 Å². The molecular formula is C37H45N3O6. The molecule has 0 aliphatic heterocycles. The van der Waals surface area contributed by atoms with Gasteiger partial charge in [0.05, 0.1) is 24.3 Å². The fraction of sp³-hybridized carbons (Fsp3) is 0.351. The number of benzene rings is 4. The van der Waals surface area contributed by atoms with E-state index in [4.69, 9.17) is 9.47 Å². The minimum Gasteiger partial charge on any atom is -0.483 e. The van der Waals surface area contributed by atoms with Gasteiger partial charge in [-0.25, -0.2) is 4.79 Å². The van der Waals surface area contributed by atoms with E-state index in [0.717, 1.165) is 21.9 Å². The third-order valence-corrected chi connectivity index (χ3v) is 7.39. The molecule has 0 saturated heterocycles. The molecule has 244 valence electrons. The Labute approximate surface area is 270 Å². The number of carbonyl (C=O) groups is 2. The van der Waals surface area contributed by atoms with Crippen molar-refractivity contribution in [2.45, 2.75) is 63.5 Å². The predicted molar refractivity (Wildman–Crippen MR) is 180 cm³/mol. The van der Waals surface area contributed by atoms with Gasteiger partial charge in [-0.3, -0.25) is 4.79 Å². The summed E-state index contributed by atoms with van der Waals surface area (Å²) in [6.45, 7) is 5.29. The lowest BCUT2D eigenvalue weighted by Crippen LogP contribution is -2.53. The number of alkyl carbamates (subject to hydrolysis) is 1. The van der Waals surface area contributed by atoms with Gasteiger partial charge in [-0.1, -0.05) is 97.1 Å². The van der Waals surface area contributed by atoms with Gasteiger partial charge in [0.15, 0.2) is 6.61 Å². The molecule has 0 heterocycles. The van der Waals surface area contributed by atoms with E-state index in [2.05, 4.69) is 16.0 Å². The van der Waals surface area contributed by atoms with Crippen LogP contribution in [0.15, 0.2) is 103 Å². The summed E-state index contributed by atoms with van der Waals surface area (Å²) in [6, 6.07) is 31.3. The van der Waals surface area contributed by atoms with Crippen LogP contribution in [-0.2, 0) is 22.4 Å². The van der Waals surface area contributed by atoms with Crippen LogP contribution < -0.4 is 20.7 Å². The lowest BCUT2D eigenvalue weighted by Gasteiger charge is -2.28. The smallest absolute Gasteiger partial charge is 0.407 e. The zero-order chi connectivity index (χ0) is 32.9. The normalized spacial score (nSPS) is 14.1. The molecule has 0 aliphatic carbocycles. The number of hydrogen-bond acceptors (Lipinski definition) is 7. The molecule has 0 fully saturated rings. The molecule has 46 heavy (non-hydrogen) atoms. The van der Waals surface area contributed by atoms with E-state index in [1.165, 1.54) is 0 Å². The van der Waals surface area contributed by atoms with Crippen LogP contribution in [0.1, 0.15) is 31.9 Å². The van der Waals surface area contributed by atoms with Gasteiger partial charge in [0.25, 0.3) is 5.91 Å². The molecule has 0 bridgehead atoms. The predicted octanol–water partition coefficient (Wildman–Crippen LogP) is 4.39. The number of amides is 2. The zero-order valence-corrected chi connectivity index (χ0v) is 26.7. The summed E-state index contributed by atoms with van der Waals surface area (Å²) >= 11 is 0. The highest BCUT2D eigenvalue weighted by atomic mass is 16.6. The second kappa shape index (κ2) is 16.7. The van der Waals surface area contributed by atoms with E-state index < -0.39 is 36.0 Å². The largest absolute Gasteiger partial charge is 0.483 e. The molecule has 0 radical (unpaired) electrons. The standard InChI is InChI=1S/C37H45N3O6/c1-37(2,3)46-36(44)40-31(22-27-15-8-5-9-16-27)33(42)24-38-23-32(41)30(21-26-13-6-4-7-14-26)39-35(43)25-45-34-20-12-18-28-17-10-11-19-29(28)34/h4-20,30-33,38,41-42H,21-25H2,1-3H3,(H,39,43)(H,40,44)/t30-,31+,32?,33+/m1/s1. The summed E-state index contributed by atoms with van der Waals surface area (Å²) in [6.07, 6.45) is -1.82. The first-order valence-electron chi connectivity index (χ1n) is 15.6. The average molecular weight is 628 g/mol. The van der Waals surface area contributed by atoms with E-state index in [1.54, 1.807) is 20.8 Å². The van der Waals surface area contributed by atoms with Gasteiger partial charge in [-0.05, 0) is 56.2 Å². The summed E-state index contributed by atoms with van der Waals surface area (Å²) in [5.41, 5.74) is 1.21. The highest BCUT2D eigenvalue weighted by Crippen LogP contribution is 2.25. The van der Waals surface area contributed by atoms with Gasteiger partial charge in [0.2, 0.25) is 0 Å². The monoisotopic (exact) mass is 627 g/mol. The number of aliphatic hydroxyl groups excluding tert-OH is 2. The Bertz CT molecular complexity index is 1520. The number of aliphatic hydroxyl groups is 2. The number of rotatable bonds is 15. The topological polar surface area (TPSA) is 129 Å². The van der Waals surface area contributed by atoms with Crippen molar-refractivity contribution in [1.82, 2.24) is 16.0 Å². The third-order valence-electron chi connectivity index (χ3n) is 7.39. The molecule has 0 aliphatic rings. The minimum absolute atomic E-state index is 0.0839. The SMILES string of the molecule is CC(C)(C)OC(=O)N[C@@H](Cc1ccccc1)[C@@H](O)CNCC(O)[C@@H](Cc1ccccc1)NC(=O)COc1cccc2ccccc12. The molecule has 9 heteroatoms. The lowest BCUT2D eigenvalue weighted by atomic mass is 10.00. The first-order valence-corrected chi connectivity index (χ1v) is 15.6. The summed E-state index contributed by atoms with van der Waals surface area (Å²) < 4.78 is 11.3. The van der Waals surface area contributed by atoms with Crippen molar-refractivity contribution in [1.29, 1.82) is 0 Å². The Balaban J connectivity index is 1.36. The first-order chi connectivity index (χ1) is 22.1. The van der Waals surface area contributed by atoms with E-state index >= 15 is 0 Å². The first kappa shape index (κ1) is 34.4. The number of carbonyl (C=O) groups excluding carboxylic acids is 2. The molecule has 4 aromatic carbocycles. The van der Waals surface area contributed by atoms with Crippen molar-refractivity contribution < 1.29 is 29.3 Å². The second-order valence-electron chi connectivity index (χ2n) is 12.4. The Morgan fingerprint density at radius 2 is 1.22 bits per heavy atom. The number of ether oxygens (including phenoxy) is 2. The Morgan fingerprint density at radius 3 is 1.80 bits per heavy atom. The number of hydrogen-bond donors (Lipinski definition) is 5. The highest BCUT2D eigenvalue weighted by molar-refractivity contribution is 5.88. The molecule has 0 aromatic heterocycles. The number of nitrogens with one attached hydrogen (secondary N) is 3. The van der Waals surface area contributed by atoms with Crippen LogP contribution in [0.25, 0.3) is 10.8 Å². The summed E-state index contributed by atoms with van der Waals surface area (Å²) in [5, 5.41) is 33.1. The fourth-order valence-electron chi connectivity index (χ4n) is 5.14. The molecule has 1 unspecified atom stereocenters. The van der Waals surface area contributed by atoms with Gasteiger partial charge in [-0.15, -0.1) is 0 Å². The summed E-state index contributed by atoms with van der Waals surface area (Å²) in [5.74, 6) is 0.242. The van der Waals surface area contributed by atoms with Crippen LogP contribution in [0, 0.1) is 0 Å². The van der Waals surface area contributed by atoms with Gasteiger partial charge in [0.1, 0.15) is 11.4 Å². The maximum absolute atomic E-state index is 13.0. The van der Waals surface area contributed by atoms with Crippen molar-refractivity contribution >= 4 is 22.8 Å². The molecule has 4 rings (SSSR count). The van der Waals surface area contributed by atoms with Gasteiger partial charge < -0.3 is 35.6 Å². The van der Waals surface area contributed by atoms with Crippen LogP contribution in [0.5, 0.6) is 5.75 Å². The molecular weight excluding hydrogens is 582 g/mol. The maximum Gasteiger partial charge on any atom is 0.407 e. The third kappa shape index (κ3) is 11.2. The molecule has 9 nitrogen and oxygen atoms in total. The molecule has 0 spiro atoms. The quantitative estimate of drug-likeness (QED) is 0.132. The van der Waals surface area contributed by atoms with Crippen LogP contribution in [0.4, 0.5) is 4.79 Å². The fourth-order valence-corrected chi connectivity index (χ4v) is 5.14. The minimum atomic E-state index is -0.990. The molecule has 4 atom stereocenters. The Kier molecular flexibility index (Phi) is 12.5. The van der Waals surface area contributed by atoms with Crippen LogP contribution in [0.2, 0.25) is 0 Å². The highest BCUT2D eigenvalue weighted by Gasteiger charge is 2.26. The zero-order valence-electron chi connectivity index (χ0n) is 26.7. The van der Waals surface area contributed by atoms with Gasteiger partial charge in [-0.2, -0.15) is 0 Å². The molecule has 2 amide bonds. The molecule has 5 N–H and O–H groups in total. The van der Waals surface area contributed by atoms with E-state index in [9.17, 15) is 19.8 Å². The van der Waals surface area contributed by atoms with Gasteiger partial charge >= 0.3 is 6.09 Å². The van der Waals surface area contributed by atoms with Crippen molar-refractivity contribution in [2.24, 2.45) is 0 Å². The van der Waals surface area contributed by atoms with E-state index in [0.29, 0.717) is 18.6 Å². The molecule has 0 saturated carbocycles. The maximum atomic E-state index is 13.0. The van der Waals surface area contributed by atoms with Crippen molar-refractivity contribution in [3.63, 3.8) is 0 Å². The van der Waals surface area contributed by atoms with Crippen LogP contribution in [-0.4, -0.2) is 71.8 Å². The van der Waals surface area contributed by atoms with Crippen molar-refractivity contribution in [3.05, 3.63) is 114 Å². The second-order valence-corrected chi connectivity index (χ2v) is 12.4. The van der Waals surface area contributed by atoms with Crippen molar-refractivity contribution in [3.8, 4) is 5.75 Å². The average Bonchev–Trinajstić information content (AvgIpc) is 3.03. The molecule has 4 aromatic rings. The van der Waals surface area contributed by atoms with Gasteiger partial charge in [0, 0.05) is 18.5 Å².